The van der Waals surface area contributed by atoms with Crippen LogP contribution in [-0.2, 0) is 21.7 Å². The van der Waals surface area contributed by atoms with Gasteiger partial charge in [-0.1, -0.05) is 113 Å². The summed E-state index contributed by atoms with van der Waals surface area (Å²) < 4.78 is 9.06. The zero-order valence-corrected chi connectivity index (χ0v) is 36.0. The van der Waals surface area contributed by atoms with E-state index in [9.17, 15) is 0 Å². The number of hydrogen-bond donors (Lipinski definition) is 0. The molecule has 5 aromatic carbocycles. The van der Waals surface area contributed by atoms with Crippen molar-refractivity contribution in [3.05, 3.63) is 144 Å². The molecule has 0 unspecified atom stereocenters. The van der Waals surface area contributed by atoms with E-state index in [1.165, 1.54) is 50.1 Å². The Morgan fingerprint density at radius 1 is 0.456 bits per heavy atom. The van der Waals surface area contributed by atoms with Crippen molar-refractivity contribution >= 4 is 44.6 Å². The van der Waals surface area contributed by atoms with Crippen LogP contribution in [0.2, 0.25) is 0 Å². The number of fused-ring (bicyclic) bond motifs is 4. The molecule has 3 heterocycles. The van der Waals surface area contributed by atoms with Crippen LogP contribution in [0.3, 0.4) is 0 Å². The number of nitrogens with zero attached hydrogens (tertiary/aromatic N) is 4. The number of rotatable bonds is 5. The average Bonchev–Trinajstić information content (AvgIpc) is 3.69. The van der Waals surface area contributed by atoms with E-state index in [1.54, 1.807) is 0 Å². The number of benzene rings is 5. The maximum atomic E-state index is 6.76. The fraction of sp³-hybridized carbons (Fsp3) is 0.327. The largest absolute Gasteiger partial charge is 0.457 e. The number of pyridine rings is 1. The standard InChI is InChI=1S/C52H58N4O/c1-49(2,3)34-20-23-44-43(29-34)42-22-21-41(32-47(42)56(44)48-30-35(24-25-53-48)50(4,5)6)57-40-17-15-16-38(31-40)54-33-55(46-19-14-13-18-45(46)54)39-27-36(51(7,8)9)26-37(28-39)52(10,11)12/h13-32H,33H2,1-12H3. The van der Waals surface area contributed by atoms with Crippen molar-refractivity contribution < 1.29 is 4.74 Å². The Bertz CT molecular complexity index is 2610. The molecule has 57 heavy (non-hydrogen) atoms. The molecule has 0 N–H and O–H groups in total. The summed E-state index contributed by atoms with van der Waals surface area (Å²) in [5.41, 5.74) is 12.2. The summed E-state index contributed by atoms with van der Waals surface area (Å²) in [4.78, 5) is 9.77. The summed E-state index contributed by atoms with van der Waals surface area (Å²) in [7, 11) is 0. The first-order valence-corrected chi connectivity index (χ1v) is 20.4. The Morgan fingerprint density at radius 2 is 1.05 bits per heavy atom. The van der Waals surface area contributed by atoms with Crippen LogP contribution in [0.15, 0.2) is 121 Å². The molecule has 292 valence electrons. The molecular weight excluding hydrogens is 697 g/mol. The topological polar surface area (TPSA) is 33.5 Å². The molecule has 1 aliphatic rings. The van der Waals surface area contributed by atoms with Crippen LogP contribution in [0.5, 0.6) is 11.5 Å². The molecule has 0 bridgehead atoms. The van der Waals surface area contributed by atoms with Gasteiger partial charge in [0.2, 0.25) is 0 Å². The molecule has 0 fully saturated rings. The van der Waals surface area contributed by atoms with E-state index in [0.29, 0.717) is 6.67 Å². The molecule has 0 spiro atoms. The number of hydrogen-bond acceptors (Lipinski definition) is 4. The first-order valence-electron chi connectivity index (χ1n) is 20.4. The Kier molecular flexibility index (Phi) is 9.11. The van der Waals surface area contributed by atoms with Gasteiger partial charge in [0, 0.05) is 40.5 Å². The molecule has 0 saturated carbocycles. The third-order valence-corrected chi connectivity index (χ3v) is 11.5. The molecule has 0 radical (unpaired) electrons. The molecule has 1 aliphatic heterocycles. The summed E-state index contributed by atoms with van der Waals surface area (Å²) >= 11 is 0. The van der Waals surface area contributed by atoms with Gasteiger partial charge in [-0.25, -0.2) is 4.98 Å². The third kappa shape index (κ3) is 7.29. The van der Waals surface area contributed by atoms with Crippen LogP contribution in [0.25, 0.3) is 27.6 Å². The maximum absolute atomic E-state index is 6.76. The minimum absolute atomic E-state index is 0.00609. The van der Waals surface area contributed by atoms with Crippen LogP contribution in [0, 0.1) is 0 Å². The van der Waals surface area contributed by atoms with Gasteiger partial charge in [-0.2, -0.15) is 0 Å². The van der Waals surface area contributed by atoms with Crippen LogP contribution in [-0.4, -0.2) is 16.2 Å². The molecule has 0 aliphatic carbocycles. The molecule has 7 aromatic rings. The number of aromatic nitrogens is 2. The van der Waals surface area contributed by atoms with Gasteiger partial charge in [0.15, 0.2) is 0 Å². The highest BCUT2D eigenvalue weighted by Gasteiger charge is 2.30. The fourth-order valence-corrected chi connectivity index (χ4v) is 7.92. The first-order chi connectivity index (χ1) is 26.8. The number of para-hydroxylation sites is 2. The monoisotopic (exact) mass is 754 g/mol. The Balaban J connectivity index is 1.18. The van der Waals surface area contributed by atoms with Gasteiger partial charge in [-0.05, 0) is 117 Å². The van der Waals surface area contributed by atoms with Crippen molar-refractivity contribution in [2.75, 3.05) is 16.5 Å². The van der Waals surface area contributed by atoms with Crippen molar-refractivity contribution in [3.63, 3.8) is 0 Å². The molecule has 5 heteroatoms. The van der Waals surface area contributed by atoms with Crippen LogP contribution in [0.1, 0.15) is 105 Å². The van der Waals surface area contributed by atoms with Crippen molar-refractivity contribution in [3.8, 4) is 17.3 Å². The van der Waals surface area contributed by atoms with E-state index in [4.69, 9.17) is 9.72 Å². The van der Waals surface area contributed by atoms with Crippen molar-refractivity contribution in [2.24, 2.45) is 0 Å². The molecule has 5 nitrogen and oxygen atoms in total. The van der Waals surface area contributed by atoms with Crippen molar-refractivity contribution in [2.45, 2.75) is 105 Å². The van der Waals surface area contributed by atoms with Gasteiger partial charge >= 0.3 is 0 Å². The normalized spacial score (nSPS) is 13.8. The SMILES string of the molecule is CC(C)(C)c1cc(N2CN(c3cccc(Oc4ccc5c6cc(C(C)(C)C)ccc6n(-c6cc(C(C)(C)C)ccn6)c5c4)c3)c3ccccc32)cc(C(C)(C)C)c1. The summed E-state index contributed by atoms with van der Waals surface area (Å²) in [6.07, 6.45) is 1.94. The zero-order chi connectivity index (χ0) is 40.7. The van der Waals surface area contributed by atoms with Crippen LogP contribution in [0.4, 0.5) is 22.7 Å². The molecule has 0 amide bonds. The first kappa shape index (κ1) is 38.3. The van der Waals surface area contributed by atoms with Gasteiger partial charge in [0.1, 0.15) is 24.0 Å². The highest BCUT2D eigenvalue weighted by molar-refractivity contribution is 6.09. The Labute approximate surface area is 339 Å². The predicted octanol–water partition coefficient (Wildman–Crippen LogP) is 14.4. The lowest BCUT2D eigenvalue weighted by atomic mass is 9.80. The lowest BCUT2D eigenvalue weighted by molar-refractivity contribution is 0.483. The van der Waals surface area contributed by atoms with Crippen molar-refractivity contribution in [1.29, 1.82) is 0 Å². The average molecular weight is 755 g/mol. The quantitative estimate of drug-likeness (QED) is 0.175. The molecular formula is C52H58N4O. The summed E-state index contributed by atoms with van der Waals surface area (Å²) in [6.45, 7) is 28.1. The van der Waals surface area contributed by atoms with Gasteiger partial charge in [0.05, 0.1) is 22.4 Å². The van der Waals surface area contributed by atoms with E-state index >= 15 is 0 Å². The van der Waals surface area contributed by atoms with Crippen LogP contribution < -0.4 is 14.5 Å². The minimum atomic E-state index is -0.00609. The zero-order valence-electron chi connectivity index (χ0n) is 36.0. The lowest BCUT2D eigenvalue weighted by Gasteiger charge is -2.29. The highest BCUT2D eigenvalue weighted by atomic mass is 16.5. The van der Waals surface area contributed by atoms with Gasteiger partial charge in [-0.3, -0.25) is 4.57 Å². The predicted molar refractivity (Wildman–Crippen MR) is 242 cm³/mol. The van der Waals surface area contributed by atoms with E-state index < -0.39 is 0 Å². The highest BCUT2D eigenvalue weighted by Crippen LogP contribution is 2.47. The maximum Gasteiger partial charge on any atom is 0.137 e. The molecule has 2 aromatic heterocycles. The second-order valence-electron chi connectivity index (χ2n) is 20.0. The number of anilines is 4. The third-order valence-electron chi connectivity index (χ3n) is 11.5. The van der Waals surface area contributed by atoms with Gasteiger partial charge in [-0.15, -0.1) is 0 Å². The summed E-state index contributed by atoms with van der Waals surface area (Å²) in [6, 6.07) is 42.1. The van der Waals surface area contributed by atoms with Crippen LogP contribution >= 0.6 is 0 Å². The number of ether oxygens (including phenoxy) is 1. The lowest BCUT2D eigenvalue weighted by Crippen LogP contribution is -2.25. The minimum Gasteiger partial charge on any atom is -0.457 e. The Morgan fingerprint density at radius 3 is 1.68 bits per heavy atom. The van der Waals surface area contributed by atoms with E-state index in [2.05, 4.69) is 213 Å². The molecule has 0 saturated heterocycles. The summed E-state index contributed by atoms with van der Waals surface area (Å²) in [5.74, 6) is 2.48. The van der Waals surface area contributed by atoms with Crippen molar-refractivity contribution in [1.82, 2.24) is 9.55 Å². The Hall–Kier alpha value is -5.55. The van der Waals surface area contributed by atoms with Gasteiger partial charge in [0.25, 0.3) is 0 Å². The van der Waals surface area contributed by atoms with E-state index in [-0.39, 0.29) is 21.7 Å². The van der Waals surface area contributed by atoms with E-state index in [0.717, 1.165) is 34.0 Å². The molecule has 0 atom stereocenters. The molecule has 8 rings (SSSR count). The summed E-state index contributed by atoms with van der Waals surface area (Å²) in [5, 5.41) is 2.40. The smallest absolute Gasteiger partial charge is 0.137 e. The fourth-order valence-electron chi connectivity index (χ4n) is 7.92. The van der Waals surface area contributed by atoms with Gasteiger partial charge < -0.3 is 14.5 Å². The second-order valence-corrected chi connectivity index (χ2v) is 20.0. The second kappa shape index (κ2) is 13.5. The van der Waals surface area contributed by atoms with E-state index in [1.807, 2.05) is 6.20 Å².